The molecule has 21 heavy (non-hydrogen) atoms. The van der Waals surface area contributed by atoms with Crippen molar-refractivity contribution in [2.24, 2.45) is 5.92 Å². The Morgan fingerprint density at radius 3 is 2.43 bits per heavy atom. The molecule has 4 nitrogen and oxygen atoms in total. The molecule has 1 amide bonds. The lowest BCUT2D eigenvalue weighted by molar-refractivity contribution is -0.152. The number of carbonyl (C=O) groups is 2. The summed E-state index contributed by atoms with van der Waals surface area (Å²) >= 11 is 0. The van der Waals surface area contributed by atoms with Crippen molar-refractivity contribution >= 4 is 11.9 Å². The van der Waals surface area contributed by atoms with Gasteiger partial charge in [0.15, 0.2) is 0 Å². The molecule has 2 atom stereocenters. The summed E-state index contributed by atoms with van der Waals surface area (Å²) < 4.78 is 0. The van der Waals surface area contributed by atoms with E-state index in [0.29, 0.717) is 12.8 Å². The number of likely N-dealkylation sites (tertiary alicyclic amines) is 1. The summed E-state index contributed by atoms with van der Waals surface area (Å²) in [6.45, 7) is 2.09. The molecule has 3 rings (SSSR count). The number of carboxylic acids is 1. The van der Waals surface area contributed by atoms with E-state index in [1.54, 1.807) is 0 Å². The minimum atomic E-state index is -0.794. The maximum Gasteiger partial charge on any atom is 0.308 e. The number of carboxylic acid groups (broad SMARTS) is 1. The van der Waals surface area contributed by atoms with Gasteiger partial charge in [0.1, 0.15) is 0 Å². The Labute approximate surface area is 124 Å². The number of rotatable bonds is 4. The Morgan fingerprint density at radius 1 is 1.24 bits per heavy atom. The van der Waals surface area contributed by atoms with Crippen molar-refractivity contribution in [2.75, 3.05) is 0 Å². The van der Waals surface area contributed by atoms with Crippen LogP contribution in [0.3, 0.4) is 0 Å². The van der Waals surface area contributed by atoms with Crippen molar-refractivity contribution in [1.29, 1.82) is 0 Å². The van der Waals surface area contributed by atoms with Crippen molar-refractivity contribution in [3.05, 3.63) is 35.4 Å². The minimum absolute atomic E-state index is 0.111. The van der Waals surface area contributed by atoms with Crippen LogP contribution in [0.4, 0.5) is 0 Å². The van der Waals surface area contributed by atoms with E-state index < -0.39 is 11.9 Å². The van der Waals surface area contributed by atoms with Crippen LogP contribution in [0.15, 0.2) is 24.3 Å². The summed E-state index contributed by atoms with van der Waals surface area (Å²) in [6, 6.07) is 8.01. The quantitative estimate of drug-likeness (QED) is 0.926. The molecule has 1 aromatic rings. The van der Waals surface area contributed by atoms with Crippen molar-refractivity contribution in [2.45, 2.75) is 51.1 Å². The molecular formula is C17H21NO3. The Bertz CT molecular complexity index is 548. The molecule has 2 unspecified atom stereocenters. The van der Waals surface area contributed by atoms with Gasteiger partial charge in [0.2, 0.25) is 5.91 Å². The second kappa shape index (κ2) is 5.51. The Balaban J connectivity index is 1.97. The van der Waals surface area contributed by atoms with E-state index in [4.69, 9.17) is 0 Å². The smallest absolute Gasteiger partial charge is 0.308 e. The lowest BCUT2D eigenvalue weighted by Gasteiger charge is -2.40. The highest BCUT2D eigenvalue weighted by atomic mass is 16.4. The van der Waals surface area contributed by atoms with Crippen LogP contribution in [0.2, 0.25) is 0 Å². The second-order valence-electron chi connectivity index (χ2n) is 6.06. The summed E-state index contributed by atoms with van der Waals surface area (Å²) in [6.07, 6.45) is 3.76. The van der Waals surface area contributed by atoms with E-state index >= 15 is 0 Å². The van der Waals surface area contributed by atoms with Crippen molar-refractivity contribution in [1.82, 2.24) is 4.90 Å². The van der Waals surface area contributed by atoms with Gasteiger partial charge in [-0.15, -0.1) is 0 Å². The van der Waals surface area contributed by atoms with Crippen LogP contribution in [0.1, 0.15) is 49.8 Å². The number of hydrogen-bond donors (Lipinski definition) is 1. The fraction of sp³-hybridized carbons (Fsp3) is 0.529. The number of piperidine rings is 1. The monoisotopic (exact) mass is 287 g/mol. The first-order valence-electron chi connectivity index (χ1n) is 7.74. The predicted octanol–water partition coefficient (Wildman–Crippen LogP) is 2.78. The van der Waals surface area contributed by atoms with E-state index in [-0.39, 0.29) is 18.0 Å². The molecule has 1 aliphatic carbocycles. The average Bonchev–Trinajstić information content (AvgIpc) is 3.31. The van der Waals surface area contributed by atoms with E-state index in [1.165, 1.54) is 5.56 Å². The van der Waals surface area contributed by atoms with Gasteiger partial charge in [-0.3, -0.25) is 9.59 Å². The zero-order chi connectivity index (χ0) is 15.0. The zero-order valence-electron chi connectivity index (χ0n) is 12.3. The first-order chi connectivity index (χ1) is 10.1. The first kappa shape index (κ1) is 14.1. The van der Waals surface area contributed by atoms with Crippen LogP contribution in [0.5, 0.6) is 0 Å². The highest BCUT2D eigenvalue weighted by Gasteiger charge is 2.46. The lowest BCUT2D eigenvalue weighted by atomic mass is 9.84. The zero-order valence-corrected chi connectivity index (χ0v) is 12.3. The van der Waals surface area contributed by atoms with Crippen molar-refractivity contribution in [3.8, 4) is 0 Å². The number of benzene rings is 1. The molecular weight excluding hydrogens is 266 g/mol. The Hall–Kier alpha value is -1.84. The van der Waals surface area contributed by atoms with E-state index in [0.717, 1.165) is 24.8 Å². The van der Waals surface area contributed by atoms with Crippen LogP contribution in [-0.2, 0) is 16.0 Å². The number of aliphatic carboxylic acids is 1. The molecule has 1 saturated carbocycles. The van der Waals surface area contributed by atoms with Gasteiger partial charge in [-0.05, 0) is 36.8 Å². The molecule has 1 aliphatic heterocycles. The van der Waals surface area contributed by atoms with Crippen LogP contribution in [0.25, 0.3) is 0 Å². The predicted molar refractivity (Wildman–Crippen MR) is 78.8 cm³/mol. The van der Waals surface area contributed by atoms with Gasteiger partial charge >= 0.3 is 5.97 Å². The van der Waals surface area contributed by atoms with Gasteiger partial charge in [-0.25, -0.2) is 0 Å². The third-order valence-electron chi connectivity index (χ3n) is 4.62. The van der Waals surface area contributed by atoms with Gasteiger partial charge < -0.3 is 10.0 Å². The molecule has 2 fully saturated rings. The summed E-state index contributed by atoms with van der Waals surface area (Å²) in [5.41, 5.74) is 2.19. The van der Waals surface area contributed by atoms with E-state index in [1.807, 2.05) is 29.2 Å². The van der Waals surface area contributed by atoms with Gasteiger partial charge in [-0.2, -0.15) is 0 Å². The largest absolute Gasteiger partial charge is 0.481 e. The number of hydrogen-bond acceptors (Lipinski definition) is 2. The fourth-order valence-electron chi connectivity index (χ4n) is 3.30. The molecule has 1 aromatic carbocycles. The van der Waals surface area contributed by atoms with Gasteiger partial charge in [0.05, 0.1) is 12.0 Å². The number of carbonyl (C=O) groups excluding carboxylic acids is 1. The topological polar surface area (TPSA) is 57.6 Å². The van der Waals surface area contributed by atoms with Crippen molar-refractivity contribution < 1.29 is 14.7 Å². The maximum absolute atomic E-state index is 12.3. The summed E-state index contributed by atoms with van der Waals surface area (Å²) in [5.74, 6) is -1.17. The van der Waals surface area contributed by atoms with E-state index in [2.05, 4.69) is 6.92 Å². The lowest BCUT2D eigenvalue weighted by Crippen LogP contribution is -2.46. The van der Waals surface area contributed by atoms with E-state index in [9.17, 15) is 14.7 Å². The second-order valence-corrected chi connectivity index (χ2v) is 6.06. The molecule has 1 N–H and O–H groups in total. The van der Waals surface area contributed by atoms with Crippen LogP contribution in [0, 0.1) is 5.92 Å². The fourth-order valence-corrected chi connectivity index (χ4v) is 3.30. The number of amides is 1. The molecule has 0 aromatic heterocycles. The third kappa shape index (κ3) is 2.67. The van der Waals surface area contributed by atoms with Crippen LogP contribution in [-0.4, -0.2) is 27.9 Å². The third-order valence-corrected chi connectivity index (χ3v) is 4.62. The SMILES string of the molecule is CCc1ccc(C2C(C(=O)O)CCC(=O)N2C2CC2)cc1. The number of aryl methyl sites for hydroxylation is 1. The molecule has 112 valence electrons. The summed E-state index contributed by atoms with van der Waals surface area (Å²) in [5, 5.41) is 9.54. The van der Waals surface area contributed by atoms with Crippen LogP contribution >= 0.6 is 0 Å². The summed E-state index contributed by atoms with van der Waals surface area (Å²) in [7, 11) is 0. The summed E-state index contributed by atoms with van der Waals surface area (Å²) in [4.78, 5) is 25.8. The van der Waals surface area contributed by atoms with Crippen LogP contribution < -0.4 is 0 Å². The first-order valence-corrected chi connectivity index (χ1v) is 7.74. The van der Waals surface area contributed by atoms with Gasteiger partial charge in [-0.1, -0.05) is 31.2 Å². The molecule has 4 heteroatoms. The minimum Gasteiger partial charge on any atom is -0.481 e. The Kier molecular flexibility index (Phi) is 3.70. The molecule has 0 spiro atoms. The molecule has 0 bridgehead atoms. The molecule has 1 heterocycles. The Morgan fingerprint density at radius 2 is 1.90 bits per heavy atom. The molecule has 2 aliphatic rings. The normalized spacial score (nSPS) is 26.0. The van der Waals surface area contributed by atoms with Gasteiger partial charge in [0.25, 0.3) is 0 Å². The van der Waals surface area contributed by atoms with Crippen molar-refractivity contribution in [3.63, 3.8) is 0 Å². The standard InChI is InChI=1S/C17H21NO3/c1-2-11-3-5-12(6-4-11)16-14(17(20)21)9-10-15(19)18(16)13-7-8-13/h3-6,13-14,16H,2,7-10H2,1H3,(H,20,21). The van der Waals surface area contributed by atoms with Gasteiger partial charge in [0, 0.05) is 12.5 Å². The highest BCUT2D eigenvalue weighted by molar-refractivity contribution is 5.82. The number of nitrogens with zero attached hydrogens (tertiary/aromatic N) is 1. The maximum atomic E-state index is 12.3. The highest BCUT2D eigenvalue weighted by Crippen LogP contribution is 2.43. The molecule has 1 saturated heterocycles. The molecule has 0 radical (unpaired) electrons. The average molecular weight is 287 g/mol.